The fourth-order valence-corrected chi connectivity index (χ4v) is 4.63. The highest BCUT2D eigenvalue weighted by molar-refractivity contribution is 8.26. The molecule has 4 rings (SSSR count). The van der Waals surface area contributed by atoms with Crippen molar-refractivity contribution < 1.29 is 19.4 Å². The van der Waals surface area contributed by atoms with E-state index >= 15 is 0 Å². The molecule has 2 aliphatic heterocycles. The molecule has 29 heavy (non-hydrogen) atoms. The number of nitrogens with zero attached hydrogens (tertiary/aromatic N) is 1. The van der Waals surface area contributed by atoms with Gasteiger partial charge in [-0.3, -0.25) is 9.69 Å². The molecule has 0 aliphatic carbocycles. The number of aliphatic carboxylic acids is 1. The highest BCUT2D eigenvalue weighted by atomic mass is 32.2. The van der Waals surface area contributed by atoms with Crippen LogP contribution in [-0.4, -0.2) is 32.3 Å². The van der Waals surface area contributed by atoms with E-state index < -0.39 is 17.9 Å². The summed E-state index contributed by atoms with van der Waals surface area (Å²) < 4.78 is 6.15. The molecule has 0 bridgehead atoms. The lowest BCUT2D eigenvalue weighted by molar-refractivity contribution is -0.145. The molecule has 5 nitrogen and oxygen atoms in total. The van der Waals surface area contributed by atoms with E-state index in [0.29, 0.717) is 10.5 Å². The van der Waals surface area contributed by atoms with Gasteiger partial charge < -0.3 is 9.84 Å². The summed E-state index contributed by atoms with van der Waals surface area (Å²) in [6, 6.07) is 15.1. The first-order chi connectivity index (χ1) is 14.0. The second-order valence-corrected chi connectivity index (χ2v) is 8.32. The summed E-state index contributed by atoms with van der Waals surface area (Å²) in [7, 11) is 0. The van der Waals surface area contributed by atoms with E-state index in [2.05, 4.69) is 0 Å². The zero-order chi connectivity index (χ0) is 20.5. The summed E-state index contributed by atoms with van der Waals surface area (Å²) >= 11 is 6.47. The Hall–Kier alpha value is -2.90. The van der Waals surface area contributed by atoms with Crippen LogP contribution in [-0.2, 0) is 9.59 Å². The molecule has 2 aromatic carbocycles. The van der Waals surface area contributed by atoms with Gasteiger partial charge in [-0.05, 0) is 36.3 Å². The van der Waals surface area contributed by atoms with Crippen LogP contribution >= 0.6 is 24.0 Å². The first-order valence-electron chi connectivity index (χ1n) is 8.98. The first-order valence-corrected chi connectivity index (χ1v) is 10.2. The van der Waals surface area contributed by atoms with E-state index in [1.807, 2.05) is 37.3 Å². The average Bonchev–Trinajstić information content (AvgIpc) is 2.97. The van der Waals surface area contributed by atoms with E-state index in [9.17, 15) is 14.7 Å². The van der Waals surface area contributed by atoms with Crippen molar-refractivity contribution in [3.63, 3.8) is 0 Å². The van der Waals surface area contributed by atoms with Crippen LogP contribution in [0.15, 0.2) is 71.2 Å². The van der Waals surface area contributed by atoms with Crippen LogP contribution in [0.5, 0.6) is 5.75 Å². The number of carbonyl (C=O) groups is 2. The van der Waals surface area contributed by atoms with Gasteiger partial charge in [0, 0.05) is 5.56 Å². The standard InChI is InChI=1S/C22H17NO4S2/c1-13-16(11-15-9-5-6-10-17(15)27-13)12-18-20(24)23(22(28)29-18)19(21(25)26)14-7-3-2-4-8-14/h2-13,19H,1H3,(H,25,26)/b18-12+/t13-,19-/m0/s1. The molecule has 7 heteroatoms. The van der Waals surface area contributed by atoms with Gasteiger partial charge in [0.2, 0.25) is 0 Å². The smallest absolute Gasteiger partial charge is 0.331 e. The second kappa shape index (κ2) is 7.85. The second-order valence-electron chi connectivity index (χ2n) is 6.65. The monoisotopic (exact) mass is 423 g/mol. The van der Waals surface area contributed by atoms with Crippen LogP contribution < -0.4 is 4.74 Å². The fourth-order valence-electron chi connectivity index (χ4n) is 3.31. The molecule has 0 saturated carbocycles. The van der Waals surface area contributed by atoms with Gasteiger partial charge in [-0.15, -0.1) is 0 Å². The Morgan fingerprint density at radius 1 is 1.21 bits per heavy atom. The number of benzene rings is 2. The van der Waals surface area contributed by atoms with Gasteiger partial charge in [-0.25, -0.2) is 4.79 Å². The molecule has 1 amide bonds. The lowest BCUT2D eigenvalue weighted by Gasteiger charge is -2.24. The Balaban J connectivity index is 1.68. The van der Waals surface area contributed by atoms with Gasteiger partial charge in [0.25, 0.3) is 5.91 Å². The molecule has 146 valence electrons. The van der Waals surface area contributed by atoms with Gasteiger partial charge >= 0.3 is 5.97 Å². The van der Waals surface area contributed by atoms with Crippen molar-refractivity contribution in [1.82, 2.24) is 4.90 Å². The number of amides is 1. The molecule has 1 fully saturated rings. The molecular formula is C22H17NO4S2. The van der Waals surface area contributed by atoms with Crippen LogP contribution in [0.1, 0.15) is 24.1 Å². The Bertz CT molecular complexity index is 1060. The van der Waals surface area contributed by atoms with Gasteiger partial charge in [0.1, 0.15) is 16.2 Å². The number of carbonyl (C=O) groups excluding carboxylic acids is 1. The predicted octanol–water partition coefficient (Wildman–Crippen LogP) is 4.42. The van der Waals surface area contributed by atoms with E-state index in [1.165, 1.54) is 4.90 Å². The van der Waals surface area contributed by atoms with Gasteiger partial charge in [-0.2, -0.15) is 0 Å². The Kier molecular flexibility index (Phi) is 5.25. The maximum Gasteiger partial charge on any atom is 0.331 e. The predicted molar refractivity (Wildman–Crippen MR) is 116 cm³/mol. The van der Waals surface area contributed by atoms with Crippen molar-refractivity contribution in [2.24, 2.45) is 0 Å². The number of para-hydroxylation sites is 1. The van der Waals surface area contributed by atoms with Crippen LogP contribution in [0.3, 0.4) is 0 Å². The van der Waals surface area contributed by atoms with E-state index in [-0.39, 0.29) is 10.4 Å². The summed E-state index contributed by atoms with van der Waals surface area (Å²) in [6.07, 6.45) is 3.48. The number of ether oxygens (including phenoxy) is 1. The number of thiocarbonyl (C=S) groups is 1. The molecule has 2 aliphatic rings. The fraction of sp³-hybridized carbons (Fsp3) is 0.136. The van der Waals surface area contributed by atoms with Crippen LogP contribution in [0.25, 0.3) is 6.08 Å². The quantitative estimate of drug-likeness (QED) is 0.580. The molecule has 0 unspecified atom stereocenters. The number of hydrogen-bond acceptors (Lipinski definition) is 5. The lowest BCUT2D eigenvalue weighted by Crippen LogP contribution is -2.37. The van der Waals surface area contributed by atoms with Crippen molar-refractivity contribution in [3.8, 4) is 5.75 Å². The minimum absolute atomic E-state index is 0.225. The SMILES string of the molecule is C[C@@H]1Oc2ccccc2C=C1/C=C1/SC(=S)N([C@H](C(=O)O)c2ccccc2)C1=O. The number of hydrogen-bond donors (Lipinski definition) is 1. The molecule has 2 atom stereocenters. The van der Waals surface area contributed by atoms with Gasteiger partial charge in [-0.1, -0.05) is 72.5 Å². The third-order valence-electron chi connectivity index (χ3n) is 4.74. The topological polar surface area (TPSA) is 66.8 Å². The van der Waals surface area contributed by atoms with Crippen LogP contribution in [0.2, 0.25) is 0 Å². The number of thioether (sulfide) groups is 1. The summed E-state index contributed by atoms with van der Waals surface area (Å²) in [4.78, 5) is 26.6. The molecule has 1 N–H and O–H groups in total. The van der Waals surface area contributed by atoms with Crippen molar-refractivity contribution in [2.45, 2.75) is 19.1 Å². The third kappa shape index (κ3) is 3.71. The zero-order valence-corrected chi connectivity index (χ0v) is 17.1. The van der Waals surface area contributed by atoms with Crippen molar-refractivity contribution in [3.05, 3.63) is 82.3 Å². The third-order valence-corrected chi connectivity index (χ3v) is 6.07. The van der Waals surface area contributed by atoms with Crippen molar-refractivity contribution in [2.75, 3.05) is 0 Å². The van der Waals surface area contributed by atoms with Gasteiger partial charge in [0.15, 0.2) is 6.04 Å². The minimum Gasteiger partial charge on any atom is -0.485 e. The maximum atomic E-state index is 13.1. The molecule has 0 aromatic heterocycles. The molecule has 2 heterocycles. The van der Waals surface area contributed by atoms with Crippen molar-refractivity contribution in [1.29, 1.82) is 0 Å². The maximum absolute atomic E-state index is 13.1. The van der Waals surface area contributed by atoms with Crippen LogP contribution in [0, 0.1) is 0 Å². The Labute approximate surface area is 177 Å². The number of fused-ring (bicyclic) bond motifs is 1. The van der Waals surface area contributed by atoms with E-state index in [0.717, 1.165) is 28.6 Å². The minimum atomic E-state index is -1.16. The Morgan fingerprint density at radius 2 is 1.90 bits per heavy atom. The summed E-state index contributed by atoms with van der Waals surface area (Å²) in [5.74, 6) is -0.751. The molecule has 0 spiro atoms. The normalized spacial score (nSPS) is 20.9. The highest BCUT2D eigenvalue weighted by Gasteiger charge is 2.41. The average molecular weight is 424 g/mol. The van der Waals surface area contributed by atoms with Crippen LogP contribution in [0.4, 0.5) is 0 Å². The summed E-state index contributed by atoms with van der Waals surface area (Å²) in [5, 5.41) is 9.77. The van der Waals surface area contributed by atoms with Gasteiger partial charge in [0.05, 0.1) is 4.91 Å². The lowest BCUT2D eigenvalue weighted by atomic mass is 10.0. The highest BCUT2D eigenvalue weighted by Crippen LogP contribution is 2.39. The first kappa shape index (κ1) is 19.4. The molecule has 0 radical (unpaired) electrons. The number of carboxylic acids is 1. The summed E-state index contributed by atoms with van der Waals surface area (Å²) in [6.45, 7) is 1.91. The molecule has 1 saturated heterocycles. The molecule has 2 aromatic rings. The van der Waals surface area contributed by atoms with E-state index in [4.69, 9.17) is 17.0 Å². The zero-order valence-electron chi connectivity index (χ0n) is 15.4. The van der Waals surface area contributed by atoms with Crippen molar-refractivity contribution >= 4 is 46.3 Å². The number of carboxylic acid groups (broad SMARTS) is 1. The summed E-state index contributed by atoms with van der Waals surface area (Å²) in [5.41, 5.74) is 2.26. The Morgan fingerprint density at radius 3 is 2.62 bits per heavy atom. The van der Waals surface area contributed by atoms with E-state index in [1.54, 1.807) is 36.4 Å². The number of rotatable bonds is 4. The molecular weight excluding hydrogens is 406 g/mol. The largest absolute Gasteiger partial charge is 0.485 e.